The molecular formula is C22H36IN5O2S. The molecule has 0 spiro atoms. The molecule has 0 aliphatic carbocycles. The predicted octanol–water partition coefficient (Wildman–Crippen LogP) is 3.71. The standard InChI is InChI=1S/C22H35N5O2S.HI/c1-6-27(7-2)12-13-29-20-9-8-18(14-21(20)28-5)15-25-22(23-4)24-11-10-19-16-30-17(3)26-19;/h8-9,14,16H,6-7,10-13,15H2,1-5H3,(H2,23,24,25);1H. The second-order valence-corrected chi connectivity index (χ2v) is 7.88. The van der Waals surface area contributed by atoms with Crippen LogP contribution in [0, 0.1) is 6.92 Å². The fourth-order valence-corrected chi connectivity index (χ4v) is 3.65. The molecule has 1 aromatic heterocycles. The number of aliphatic imine (C=N–C) groups is 1. The second-order valence-electron chi connectivity index (χ2n) is 6.82. The van der Waals surface area contributed by atoms with E-state index in [1.54, 1.807) is 25.5 Å². The maximum absolute atomic E-state index is 5.93. The number of nitrogens with one attached hydrogen (secondary N) is 2. The molecule has 0 fully saturated rings. The molecule has 0 amide bonds. The van der Waals surface area contributed by atoms with E-state index in [9.17, 15) is 0 Å². The minimum Gasteiger partial charge on any atom is -0.493 e. The number of halogens is 1. The molecule has 2 rings (SSSR count). The van der Waals surface area contributed by atoms with Crippen LogP contribution in [0.3, 0.4) is 0 Å². The Hall–Kier alpha value is -1.59. The maximum atomic E-state index is 5.93. The van der Waals surface area contributed by atoms with Crippen molar-refractivity contribution in [3.8, 4) is 11.5 Å². The van der Waals surface area contributed by atoms with Crippen molar-refractivity contribution in [2.75, 3.05) is 46.9 Å². The van der Waals surface area contributed by atoms with Gasteiger partial charge in [0.15, 0.2) is 17.5 Å². The molecule has 0 bridgehead atoms. The van der Waals surface area contributed by atoms with Gasteiger partial charge >= 0.3 is 0 Å². The lowest BCUT2D eigenvalue weighted by molar-refractivity contribution is 0.217. The number of guanidine groups is 1. The van der Waals surface area contributed by atoms with E-state index in [1.807, 2.05) is 25.1 Å². The highest BCUT2D eigenvalue weighted by atomic mass is 127. The number of aromatic nitrogens is 1. The number of hydrogen-bond donors (Lipinski definition) is 2. The molecule has 1 heterocycles. The van der Waals surface area contributed by atoms with Gasteiger partial charge in [-0.25, -0.2) is 4.98 Å². The lowest BCUT2D eigenvalue weighted by Gasteiger charge is -2.19. The second kappa shape index (κ2) is 15.3. The van der Waals surface area contributed by atoms with Crippen LogP contribution in [0.4, 0.5) is 0 Å². The zero-order valence-electron chi connectivity index (χ0n) is 19.2. The molecule has 0 saturated heterocycles. The highest BCUT2D eigenvalue weighted by Gasteiger charge is 2.08. The number of ether oxygens (including phenoxy) is 2. The van der Waals surface area contributed by atoms with Crippen LogP contribution in [-0.2, 0) is 13.0 Å². The molecule has 2 aromatic rings. The molecule has 1 aromatic carbocycles. The van der Waals surface area contributed by atoms with Crippen LogP contribution in [0.25, 0.3) is 0 Å². The summed E-state index contributed by atoms with van der Waals surface area (Å²) in [6.45, 7) is 11.4. The molecule has 7 nitrogen and oxygen atoms in total. The van der Waals surface area contributed by atoms with E-state index < -0.39 is 0 Å². The zero-order valence-corrected chi connectivity index (χ0v) is 22.4. The molecule has 0 unspecified atom stereocenters. The summed E-state index contributed by atoms with van der Waals surface area (Å²) in [6.07, 6.45) is 0.873. The van der Waals surface area contributed by atoms with E-state index in [-0.39, 0.29) is 24.0 Å². The molecule has 0 radical (unpaired) electrons. The minimum absolute atomic E-state index is 0. The molecular weight excluding hydrogens is 525 g/mol. The van der Waals surface area contributed by atoms with Gasteiger partial charge in [-0.2, -0.15) is 0 Å². The van der Waals surface area contributed by atoms with Gasteiger partial charge in [0.25, 0.3) is 0 Å². The Balaban J connectivity index is 0.00000480. The number of hydrogen-bond acceptors (Lipinski definition) is 6. The van der Waals surface area contributed by atoms with Crippen LogP contribution >= 0.6 is 35.3 Å². The van der Waals surface area contributed by atoms with Crippen LogP contribution < -0.4 is 20.1 Å². The van der Waals surface area contributed by atoms with E-state index in [4.69, 9.17) is 9.47 Å². The summed E-state index contributed by atoms with van der Waals surface area (Å²) in [5, 5.41) is 9.87. The van der Waals surface area contributed by atoms with Crippen LogP contribution in [0.5, 0.6) is 11.5 Å². The number of benzene rings is 1. The van der Waals surface area contributed by atoms with Gasteiger partial charge in [-0.1, -0.05) is 19.9 Å². The van der Waals surface area contributed by atoms with Gasteiger partial charge in [-0.15, -0.1) is 35.3 Å². The summed E-state index contributed by atoms with van der Waals surface area (Å²) in [5.74, 6) is 2.28. The van der Waals surface area contributed by atoms with Gasteiger partial charge in [-0.05, 0) is 37.7 Å². The average Bonchev–Trinajstić information content (AvgIpc) is 3.19. The van der Waals surface area contributed by atoms with Crippen molar-refractivity contribution in [2.45, 2.75) is 33.7 Å². The normalized spacial score (nSPS) is 11.2. The number of methoxy groups -OCH3 is 1. The van der Waals surface area contributed by atoms with E-state index in [2.05, 4.69) is 44.7 Å². The third-order valence-corrected chi connectivity index (χ3v) is 5.63. The Morgan fingerprint density at radius 3 is 2.58 bits per heavy atom. The Morgan fingerprint density at radius 2 is 1.97 bits per heavy atom. The first kappa shape index (κ1) is 27.4. The van der Waals surface area contributed by atoms with E-state index in [0.29, 0.717) is 13.2 Å². The topological polar surface area (TPSA) is 71.0 Å². The lowest BCUT2D eigenvalue weighted by Crippen LogP contribution is -2.37. The molecule has 174 valence electrons. The van der Waals surface area contributed by atoms with Crippen molar-refractivity contribution in [1.29, 1.82) is 0 Å². The first-order chi connectivity index (χ1) is 14.6. The van der Waals surface area contributed by atoms with E-state index in [0.717, 1.165) is 66.3 Å². The van der Waals surface area contributed by atoms with Crippen LogP contribution in [-0.4, -0.2) is 62.8 Å². The van der Waals surface area contributed by atoms with Crippen molar-refractivity contribution in [2.24, 2.45) is 4.99 Å². The van der Waals surface area contributed by atoms with E-state index >= 15 is 0 Å². The Kier molecular flexibility index (Phi) is 13.5. The number of nitrogens with zero attached hydrogens (tertiary/aromatic N) is 3. The summed E-state index contributed by atoms with van der Waals surface area (Å²) >= 11 is 1.68. The summed E-state index contributed by atoms with van der Waals surface area (Å²) < 4.78 is 11.5. The largest absolute Gasteiger partial charge is 0.493 e. The summed E-state index contributed by atoms with van der Waals surface area (Å²) in [5.41, 5.74) is 2.21. The zero-order chi connectivity index (χ0) is 21.8. The van der Waals surface area contributed by atoms with Crippen molar-refractivity contribution >= 4 is 41.3 Å². The van der Waals surface area contributed by atoms with Crippen molar-refractivity contribution in [3.63, 3.8) is 0 Å². The third-order valence-electron chi connectivity index (χ3n) is 4.81. The summed E-state index contributed by atoms with van der Waals surface area (Å²) in [6, 6.07) is 6.03. The Bertz CT molecular complexity index is 796. The lowest BCUT2D eigenvalue weighted by atomic mass is 10.2. The maximum Gasteiger partial charge on any atom is 0.191 e. The first-order valence-electron chi connectivity index (χ1n) is 10.5. The van der Waals surface area contributed by atoms with E-state index in [1.165, 1.54) is 0 Å². The van der Waals surface area contributed by atoms with Gasteiger partial charge in [0, 0.05) is 38.5 Å². The van der Waals surface area contributed by atoms with Gasteiger partial charge in [-0.3, -0.25) is 4.99 Å². The molecule has 0 aliphatic rings. The van der Waals surface area contributed by atoms with Gasteiger partial charge in [0.05, 0.1) is 17.8 Å². The third kappa shape index (κ3) is 9.61. The molecule has 0 saturated carbocycles. The molecule has 2 N–H and O–H groups in total. The smallest absolute Gasteiger partial charge is 0.191 e. The fraction of sp³-hybridized carbons (Fsp3) is 0.545. The van der Waals surface area contributed by atoms with Crippen LogP contribution in [0.15, 0.2) is 28.6 Å². The van der Waals surface area contributed by atoms with Gasteiger partial charge < -0.3 is 25.0 Å². The highest BCUT2D eigenvalue weighted by Crippen LogP contribution is 2.28. The SMILES string of the molecule is CCN(CC)CCOc1ccc(CNC(=NC)NCCc2csc(C)n2)cc1OC.I. The van der Waals surface area contributed by atoms with Crippen molar-refractivity contribution in [1.82, 2.24) is 20.5 Å². The molecule has 9 heteroatoms. The summed E-state index contributed by atoms with van der Waals surface area (Å²) in [7, 11) is 3.44. The highest BCUT2D eigenvalue weighted by molar-refractivity contribution is 14.0. The van der Waals surface area contributed by atoms with Crippen molar-refractivity contribution in [3.05, 3.63) is 39.8 Å². The Morgan fingerprint density at radius 1 is 1.19 bits per heavy atom. The molecule has 0 aliphatic heterocycles. The average molecular weight is 562 g/mol. The number of rotatable bonds is 12. The minimum atomic E-state index is 0. The number of aryl methyl sites for hydroxylation is 1. The van der Waals surface area contributed by atoms with Gasteiger partial charge in [0.1, 0.15) is 6.61 Å². The monoisotopic (exact) mass is 561 g/mol. The van der Waals surface area contributed by atoms with Gasteiger partial charge in [0.2, 0.25) is 0 Å². The predicted molar refractivity (Wildman–Crippen MR) is 140 cm³/mol. The number of likely N-dealkylation sites (N-methyl/N-ethyl adjacent to an activating group) is 1. The quantitative estimate of drug-likeness (QED) is 0.234. The molecule has 0 atom stereocenters. The van der Waals surface area contributed by atoms with Crippen molar-refractivity contribution < 1.29 is 9.47 Å². The Labute approximate surface area is 207 Å². The summed E-state index contributed by atoms with van der Waals surface area (Å²) in [4.78, 5) is 11.1. The molecule has 31 heavy (non-hydrogen) atoms. The number of thiazole rings is 1. The fourth-order valence-electron chi connectivity index (χ4n) is 3.00. The first-order valence-corrected chi connectivity index (χ1v) is 11.3. The van der Waals surface area contributed by atoms with Crippen LogP contribution in [0.1, 0.15) is 30.1 Å². The van der Waals surface area contributed by atoms with Crippen LogP contribution in [0.2, 0.25) is 0 Å².